The van der Waals surface area contributed by atoms with E-state index in [1.165, 1.54) is 36.1 Å². The number of nitrogens with one attached hydrogen (secondary N) is 1. The summed E-state index contributed by atoms with van der Waals surface area (Å²) in [6.07, 6.45) is 4.12. The summed E-state index contributed by atoms with van der Waals surface area (Å²) in [5.74, 6) is 0. The van der Waals surface area contributed by atoms with E-state index in [1.807, 2.05) is 0 Å². The molecule has 0 saturated carbocycles. The summed E-state index contributed by atoms with van der Waals surface area (Å²) in [6, 6.07) is 6.52. The lowest BCUT2D eigenvalue weighted by atomic mass is 10.1. The molecule has 0 aromatic heterocycles. The van der Waals surface area contributed by atoms with Crippen LogP contribution in [-0.2, 0) is 4.74 Å². The van der Waals surface area contributed by atoms with Gasteiger partial charge in [-0.1, -0.05) is 6.07 Å². The van der Waals surface area contributed by atoms with Crippen LogP contribution in [0.3, 0.4) is 0 Å². The molecule has 1 atom stereocenters. The fraction of sp³-hybridized carbons (Fsp3) is 0.571. The molecule has 88 valence electrons. The van der Waals surface area contributed by atoms with Gasteiger partial charge in [-0.3, -0.25) is 0 Å². The Labute approximate surface area is 98.0 Å². The molecule has 0 bridgehead atoms. The van der Waals surface area contributed by atoms with Gasteiger partial charge in [-0.15, -0.1) is 0 Å². The Hall–Kier alpha value is -1.02. The Kier molecular flexibility index (Phi) is 3.83. The van der Waals surface area contributed by atoms with Crippen LogP contribution in [0.2, 0.25) is 0 Å². The number of benzene rings is 1. The highest BCUT2D eigenvalue weighted by Crippen LogP contribution is 2.16. The van der Waals surface area contributed by atoms with E-state index >= 15 is 0 Å². The molecule has 1 aliphatic heterocycles. The number of aryl methyl sites for hydroxylation is 2. The molecule has 1 N–H and O–H groups in total. The maximum atomic E-state index is 5.69. The summed E-state index contributed by atoms with van der Waals surface area (Å²) >= 11 is 0. The standard InChI is InChI=1S/C14H21NO/c1-11-6-7-13(9-12(11)2)15-10-14-5-3-4-8-16-14/h6-7,9,14-15H,3-5,8,10H2,1-2H3. The zero-order valence-corrected chi connectivity index (χ0v) is 10.3. The highest BCUT2D eigenvalue weighted by molar-refractivity contribution is 5.48. The fourth-order valence-electron chi connectivity index (χ4n) is 2.05. The lowest BCUT2D eigenvalue weighted by Crippen LogP contribution is -2.26. The second-order valence-corrected chi connectivity index (χ2v) is 4.67. The number of anilines is 1. The van der Waals surface area contributed by atoms with Gasteiger partial charge in [0.15, 0.2) is 0 Å². The molecule has 1 saturated heterocycles. The largest absolute Gasteiger partial charge is 0.382 e. The predicted molar refractivity (Wildman–Crippen MR) is 68.0 cm³/mol. The van der Waals surface area contributed by atoms with Gasteiger partial charge in [0.1, 0.15) is 0 Å². The molecular formula is C14H21NO. The van der Waals surface area contributed by atoms with Crippen molar-refractivity contribution in [1.29, 1.82) is 0 Å². The second-order valence-electron chi connectivity index (χ2n) is 4.67. The van der Waals surface area contributed by atoms with E-state index in [9.17, 15) is 0 Å². The first-order valence-corrected chi connectivity index (χ1v) is 6.18. The molecule has 0 amide bonds. The molecule has 1 aliphatic rings. The molecular weight excluding hydrogens is 198 g/mol. The molecule has 0 radical (unpaired) electrons. The number of hydrogen-bond acceptors (Lipinski definition) is 2. The third-order valence-corrected chi connectivity index (χ3v) is 3.31. The number of rotatable bonds is 3. The molecule has 2 heteroatoms. The lowest BCUT2D eigenvalue weighted by Gasteiger charge is -2.23. The first-order chi connectivity index (χ1) is 7.75. The van der Waals surface area contributed by atoms with Crippen LogP contribution in [0, 0.1) is 13.8 Å². The number of hydrogen-bond donors (Lipinski definition) is 1. The van der Waals surface area contributed by atoms with Crippen molar-refractivity contribution in [1.82, 2.24) is 0 Å². The maximum Gasteiger partial charge on any atom is 0.0747 e. The summed E-state index contributed by atoms with van der Waals surface area (Å²) in [5, 5.41) is 3.46. The van der Waals surface area contributed by atoms with Gasteiger partial charge in [-0.2, -0.15) is 0 Å². The van der Waals surface area contributed by atoms with Crippen molar-refractivity contribution in [3.05, 3.63) is 29.3 Å². The molecule has 1 fully saturated rings. The van der Waals surface area contributed by atoms with Crippen molar-refractivity contribution in [2.24, 2.45) is 0 Å². The smallest absolute Gasteiger partial charge is 0.0747 e. The third-order valence-electron chi connectivity index (χ3n) is 3.31. The second kappa shape index (κ2) is 5.35. The minimum atomic E-state index is 0.398. The van der Waals surface area contributed by atoms with Gasteiger partial charge in [0, 0.05) is 18.8 Å². The van der Waals surface area contributed by atoms with E-state index in [2.05, 4.69) is 37.4 Å². The van der Waals surface area contributed by atoms with Crippen molar-refractivity contribution >= 4 is 5.69 Å². The van der Waals surface area contributed by atoms with Crippen molar-refractivity contribution in [3.8, 4) is 0 Å². The highest BCUT2D eigenvalue weighted by Gasteiger charge is 2.13. The lowest BCUT2D eigenvalue weighted by molar-refractivity contribution is 0.0247. The van der Waals surface area contributed by atoms with E-state index in [4.69, 9.17) is 4.74 Å². The third kappa shape index (κ3) is 2.99. The zero-order chi connectivity index (χ0) is 11.4. The van der Waals surface area contributed by atoms with Gasteiger partial charge in [0.2, 0.25) is 0 Å². The van der Waals surface area contributed by atoms with Crippen LogP contribution in [0.1, 0.15) is 30.4 Å². The molecule has 1 heterocycles. The van der Waals surface area contributed by atoms with E-state index < -0.39 is 0 Å². The van der Waals surface area contributed by atoms with Gasteiger partial charge in [0.25, 0.3) is 0 Å². The summed E-state index contributed by atoms with van der Waals surface area (Å²) in [6.45, 7) is 6.16. The van der Waals surface area contributed by atoms with Crippen molar-refractivity contribution in [3.63, 3.8) is 0 Å². The minimum Gasteiger partial charge on any atom is -0.382 e. The molecule has 2 rings (SSSR count). The van der Waals surface area contributed by atoms with Crippen LogP contribution in [0.15, 0.2) is 18.2 Å². The predicted octanol–water partition coefficient (Wildman–Crippen LogP) is 3.28. The molecule has 1 aromatic carbocycles. The zero-order valence-electron chi connectivity index (χ0n) is 10.3. The monoisotopic (exact) mass is 219 g/mol. The van der Waals surface area contributed by atoms with E-state index in [0.717, 1.165) is 13.2 Å². The molecule has 0 aliphatic carbocycles. The fourth-order valence-corrected chi connectivity index (χ4v) is 2.05. The summed E-state index contributed by atoms with van der Waals surface area (Å²) in [4.78, 5) is 0. The average molecular weight is 219 g/mol. The molecule has 0 spiro atoms. The Morgan fingerprint density at radius 3 is 2.81 bits per heavy atom. The Balaban J connectivity index is 1.86. The minimum absolute atomic E-state index is 0.398. The normalized spacial score (nSPS) is 20.8. The van der Waals surface area contributed by atoms with E-state index in [-0.39, 0.29) is 0 Å². The van der Waals surface area contributed by atoms with Crippen LogP contribution < -0.4 is 5.32 Å². The molecule has 16 heavy (non-hydrogen) atoms. The first-order valence-electron chi connectivity index (χ1n) is 6.18. The number of ether oxygens (including phenoxy) is 1. The van der Waals surface area contributed by atoms with Crippen LogP contribution in [0.5, 0.6) is 0 Å². The Morgan fingerprint density at radius 1 is 1.25 bits per heavy atom. The van der Waals surface area contributed by atoms with Gasteiger partial charge < -0.3 is 10.1 Å². The van der Waals surface area contributed by atoms with Crippen molar-refractivity contribution < 1.29 is 4.74 Å². The van der Waals surface area contributed by atoms with Crippen LogP contribution >= 0.6 is 0 Å². The average Bonchev–Trinajstić information content (AvgIpc) is 2.32. The summed E-state index contributed by atoms with van der Waals surface area (Å²) < 4.78 is 5.69. The van der Waals surface area contributed by atoms with Gasteiger partial charge >= 0.3 is 0 Å². The summed E-state index contributed by atoms with van der Waals surface area (Å²) in [5.41, 5.74) is 3.89. The topological polar surface area (TPSA) is 21.3 Å². The maximum absolute atomic E-state index is 5.69. The van der Waals surface area contributed by atoms with Crippen LogP contribution in [0.4, 0.5) is 5.69 Å². The Morgan fingerprint density at radius 2 is 2.12 bits per heavy atom. The van der Waals surface area contributed by atoms with Gasteiger partial charge in [0.05, 0.1) is 6.10 Å². The molecule has 1 unspecified atom stereocenters. The first kappa shape index (κ1) is 11.5. The SMILES string of the molecule is Cc1ccc(NCC2CCCCO2)cc1C. The molecule has 1 aromatic rings. The summed E-state index contributed by atoms with van der Waals surface area (Å²) in [7, 11) is 0. The van der Waals surface area contributed by atoms with Gasteiger partial charge in [-0.25, -0.2) is 0 Å². The van der Waals surface area contributed by atoms with Crippen molar-refractivity contribution in [2.45, 2.75) is 39.2 Å². The van der Waals surface area contributed by atoms with Crippen LogP contribution in [0.25, 0.3) is 0 Å². The Bertz CT molecular complexity index is 343. The van der Waals surface area contributed by atoms with Crippen molar-refractivity contribution in [2.75, 3.05) is 18.5 Å². The van der Waals surface area contributed by atoms with Gasteiger partial charge in [-0.05, 0) is 56.4 Å². The molecule has 2 nitrogen and oxygen atoms in total. The van der Waals surface area contributed by atoms with E-state index in [0.29, 0.717) is 6.10 Å². The van der Waals surface area contributed by atoms with Crippen LogP contribution in [-0.4, -0.2) is 19.3 Å². The quantitative estimate of drug-likeness (QED) is 0.842. The van der Waals surface area contributed by atoms with E-state index in [1.54, 1.807) is 0 Å². The highest BCUT2D eigenvalue weighted by atomic mass is 16.5.